The van der Waals surface area contributed by atoms with Crippen molar-refractivity contribution in [1.82, 2.24) is 0 Å². The van der Waals surface area contributed by atoms with Crippen LogP contribution in [0.5, 0.6) is 0 Å². The van der Waals surface area contributed by atoms with E-state index in [1.165, 1.54) is 4.90 Å². The number of amides is 2. The average Bonchev–Trinajstić information content (AvgIpc) is 2.98. The van der Waals surface area contributed by atoms with E-state index in [0.29, 0.717) is 16.8 Å². The lowest BCUT2D eigenvalue weighted by Gasteiger charge is -2.14. The normalized spacial score (nSPS) is 14.0. The van der Waals surface area contributed by atoms with Gasteiger partial charge >= 0.3 is 5.91 Å². The summed E-state index contributed by atoms with van der Waals surface area (Å²) in [5, 5.41) is 0. The van der Waals surface area contributed by atoms with Crippen LogP contribution in [0, 0.1) is 0 Å². The third kappa shape index (κ3) is 3.25. The van der Waals surface area contributed by atoms with Crippen molar-refractivity contribution in [2.75, 3.05) is 4.90 Å². The van der Waals surface area contributed by atoms with Crippen LogP contribution in [-0.4, -0.2) is 11.8 Å². The molecule has 0 radical (unpaired) electrons. The molecule has 1 heterocycles. The van der Waals surface area contributed by atoms with Crippen molar-refractivity contribution in [2.45, 2.75) is 6.61 Å². The molecule has 0 spiro atoms. The van der Waals surface area contributed by atoms with Crippen molar-refractivity contribution < 1.29 is 14.3 Å². The summed E-state index contributed by atoms with van der Waals surface area (Å²) in [5.74, 6) is -0.736. The van der Waals surface area contributed by atoms with Crippen LogP contribution in [0.1, 0.15) is 11.1 Å². The molecule has 0 fully saturated rings. The molecule has 0 aliphatic carbocycles. The first-order valence-electron chi connectivity index (χ1n) is 8.66. The number of hydrogen-bond acceptors (Lipinski definition) is 3. The van der Waals surface area contributed by atoms with Gasteiger partial charge in [-0.25, -0.2) is 4.90 Å². The first kappa shape index (κ1) is 16.8. The second-order valence-corrected chi connectivity index (χ2v) is 6.13. The van der Waals surface area contributed by atoms with Crippen molar-refractivity contribution in [3.63, 3.8) is 0 Å². The maximum Gasteiger partial charge on any atom is 0.301 e. The lowest BCUT2D eigenvalue weighted by Crippen LogP contribution is -2.31. The average molecular weight is 355 g/mol. The van der Waals surface area contributed by atoms with Gasteiger partial charge in [-0.3, -0.25) is 9.59 Å². The summed E-state index contributed by atoms with van der Waals surface area (Å²) in [7, 11) is 0. The Hall–Kier alpha value is -3.66. The van der Waals surface area contributed by atoms with Crippen molar-refractivity contribution in [1.29, 1.82) is 0 Å². The highest BCUT2D eigenvalue weighted by Gasteiger charge is 2.41. The van der Waals surface area contributed by atoms with Crippen molar-refractivity contribution in [2.24, 2.45) is 0 Å². The first-order valence-corrected chi connectivity index (χ1v) is 8.66. The Labute approximate surface area is 157 Å². The molecular weight excluding hydrogens is 338 g/mol. The van der Waals surface area contributed by atoms with E-state index in [0.717, 1.165) is 5.56 Å². The van der Waals surface area contributed by atoms with Gasteiger partial charge in [-0.1, -0.05) is 78.9 Å². The lowest BCUT2D eigenvalue weighted by molar-refractivity contribution is -0.121. The summed E-state index contributed by atoms with van der Waals surface area (Å²) in [4.78, 5) is 27.3. The van der Waals surface area contributed by atoms with Crippen molar-refractivity contribution >= 4 is 23.1 Å². The highest BCUT2D eigenvalue weighted by Crippen LogP contribution is 2.33. The quantitative estimate of drug-likeness (QED) is 0.645. The van der Waals surface area contributed by atoms with Gasteiger partial charge in [0.05, 0.1) is 11.3 Å². The molecule has 0 saturated heterocycles. The zero-order valence-electron chi connectivity index (χ0n) is 14.5. The summed E-state index contributed by atoms with van der Waals surface area (Å²) in [6.07, 6.45) is 0. The maximum atomic E-state index is 13.1. The largest absolute Gasteiger partial charge is 0.482 e. The molecule has 27 heavy (non-hydrogen) atoms. The summed E-state index contributed by atoms with van der Waals surface area (Å²) < 4.78 is 5.86. The number of imide groups is 1. The number of rotatable bonds is 5. The van der Waals surface area contributed by atoms with Crippen LogP contribution >= 0.6 is 0 Å². The van der Waals surface area contributed by atoms with Crippen LogP contribution in [0.3, 0.4) is 0 Å². The first-order chi connectivity index (χ1) is 13.3. The Morgan fingerprint density at radius 1 is 0.667 bits per heavy atom. The number of hydrogen-bond donors (Lipinski definition) is 0. The van der Waals surface area contributed by atoms with Gasteiger partial charge in [-0.2, -0.15) is 0 Å². The lowest BCUT2D eigenvalue weighted by atomic mass is 10.1. The number of anilines is 1. The van der Waals surface area contributed by atoms with Gasteiger partial charge in [0.2, 0.25) is 0 Å². The van der Waals surface area contributed by atoms with Crippen LogP contribution in [0.15, 0.2) is 96.8 Å². The minimum Gasteiger partial charge on any atom is -0.482 e. The van der Waals surface area contributed by atoms with E-state index in [1.54, 1.807) is 36.4 Å². The molecule has 0 N–H and O–H groups in total. The molecule has 4 heteroatoms. The SMILES string of the molecule is O=C1C(OCc2ccccc2)=C(c2ccccc2)C(=O)N1c1ccccc1. The predicted molar refractivity (Wildman–Crippen MR) is 104 cm³/mol. The van der Waals surface area contributed by atoms with Gasteiger partial charge < -0.3 is 4.74 Å². The van der Waals surface area contributed by atoms with Crippen LogP contribution in [-0.2, 0) is 20.9 Å². The Kier molecular flexibility index (Phi) is 4.54. The fraction of sp³-hybridized carbons (Fsp3) is 0.0435. The molecular formula is C23H17NO3. The van der Waals surface area contributed by atoms with E-state index in [-0.39, 0.29) is 18.3 Å². The second kappa shape index (κ2) is 7.30. The van der Waals surface area contributed by atoms with Gasteiger partial charge in [0.1, 0.15) is 6.61 Å². The molecule has 0 aromatic heterocycles. The van der Waals surface area contributed by atoms with E-state index >= 15 is 0 Å². The third-order valence-electron chi connectivity index (χ3n) is 4.34. The monoisotopic (exact) mass is 355 g/mol. The fourth-order valence-corrected chi connectivity index (χ4v) is 3.04. The molecule has 0 atom stereocenters. The minimum absolute atomic E-state index is 0.0823. The van der Waals surface area contributed by atoms with Gasteiger partial charge in [0.15, 0.2) is 5.76 Å². The molecule has 2 amide bonds. The highest BCUT2D eigenvalue weighted by atomic mass is 16.5. The number of carbonyl (C=O) groups is 2. The van der Waals surface area contributed by atoms with Gasteiger partial charge in [-0.15, -0.1) is 0 Å². The van der Waals surface area contributed by atoms with Crippen LogP contribution in [0.2, 0.25) is 0 Å². The minimum atomic E-state index is -0.444. The molecule has 0 saturated carbocycles. The number of benzene rings is 3. The summed E-state index contributed by atoms with van der Waals surface area (Å²) in [5.41, 5.74) is 2.41. The standard InChI is InChI=1S/C23H17NO3/c25-22-20(18-12-6-2-7-13-18)21(27-16-17-10-4-1-5-11-17)23(26)24(22)19-14-8-3-9-15-19/h1-15H,16H2. The van der Waals surface area contributed by atoms with Crippen LogP contribution in [0.25, 0.3) is 5.57 Å². The molecule has 3 aromatic carbocycles. The maximum absolute atomic E-state index is 13.1. The molecule has 1 aliphatic rings. The second-order valence-electron chi connectivity index (χ2n) is 6.13. The zero-order valence-corrected chi connectivity index (χ0v) is 14.5. The summed E-state index contributed by atoms with van der Waals surface area (Å²) in [6, 6.07) is 27.6. The number of nitrogens with zero attached hydrogens (tertiary/aromatic N) is 1. The van der Waals surface area contributed by atoms with E-state index in [2.05, 4.69) is 0 Å². The zero-order chi connectivity index (χ0) is 18.6. The van der Waals surface area contributed by atoms with Gasteiger partial charge in [-0.05, 0) is 23.3 Å². The molecule has 4 rings (SSSR count). The molecule has 0 unspecified atom stereocenters. The third-order valence-corrected chi connectivity index (χ3v) is 4.34. The molecule has 0 bridgehead atoms. The van der Waals surface area contributed by atoms with E-state index < -0.39 is 5.91 Å². The van der Waals surface area contributed by atoms with E-state index in [4.69, 9.17) is 4.74 Å². The Bertz CT molecular complexity index is 996. The Morgan fingerprint density at radius 3 is 1.85 bits per heavy atom. The molecule has 1 aliphatic heterocycles. The Morgan fingerprint density at radius 2 is 1.22 bits per heavy atom. The molecule has 132 valence electrons. The number of para-hydroxylation sites is 1. The highest BCUT2D eigenvalue weighted by molar-refractivity contribution is 6.45. The fourth-order valence-electron chi connectivity index (χ4n) is 3.04. The number of ether oxygens (including phenoxy) is 1. The summed E-state index contributed by atoms with van der Waals surface area (Å²) in [6.45, 7) is 0.216. The van der Waals surface area contributed by atoms with E-state index in [9.17, 15) is 9.59 Å². The van der Waals surface area contributed by atoms with Crippen LogP contribution < -0.4 is 4.90 Å². The molecule has 4 nitrogen and oxygen atoms in total. The topological polar surface area (TPSA) is 46.6 Å². The van der Waals surface area contributed by atoms with Gasteiger partial charge in [0, 0.05) is 0 Å². The summed E-state index contributed by atoms with van der Waals surface area (Å²) >= 11 is 0. The molecule has 3 aromatic rings. The van der Waals surface area contributed by atoms with Crippen molar-refractivity contribution in [3.8, 4) is 0 Å². The van der Waals surface area contributed by atoms with Gasteiger partial charge in [0.25, 0.3) is 5.91 Å². The van der Waals surface area contributed by atoms with E-state index in [1.807, 2.05) is 54.6 Å². The smallest absolute Gasteiger partial charge is 0.301 e. The van der Waals surface area contributed by atoms with Crippen LogP contribution in [0.4, 0.5) is 5.69 Å². The Balaban J connectivity index is 1.73. The number of carbonyl (C=O) groups excluding carboxylic acids is 2. The van der Waals surface area contributed by atoms with Crippen molar-refractivity contribution in [3.05, 3.63) is 108 Å². The predicted octanol–water partition coefficient (Wildman–Crippen LogP) is 4.19.